The van der Waals surface area contributed by atoms with Crippen molar-refractivity contribution in [1.29, 1.82) is 0 Å². The van der Waals surface area contributed by atoms with Crippen LogP contribution in [0.4, 0.5) is 5.69 Å². The maximum atomic E-state index is 11.6. The normalized spacial score (nSPS) is 9.67. The summed E-state index contributed by atoms with van der Waals surface area (Å²) in [6.45, 7) is 4.11. The fraction of sp³-hybridized carbons (Fsp3) is 0.182. The van der Waals surface area contributed by atoms with Crippen molar-refractivity contribution in [2.24, 2.45) is 0 Å². The number of nitrogens with two attached hydrogens (primary N) is 1. The van der Waals surface area contributed by atoms with Gasteiger partial charge in [0.05, 0.1) is 16.3 Å². The SMILES string of the molecule is C=CCCNC(=O)c1cccc(Cl)c1N. The molecule has 0 saturated carbocycles. The number of rotatable bonds is 4. The molecule has 1 rings (SSSR count). The first kappa shape index (κ1) is 11.6. The maximum Gasteiger partial charge on any atom is 0.253 e. The van der Waals surface area contributed by atoms with E-state index in [4.69, 9.17) is 17.3 Å². The van der Waals surface area contributed by atoms with E-state index in [1.807, 2.05) is 0 Å². The molecular weight excluding hydrogens is 212 g/mol. The number of nitrogens with one attached hydrogen (secondary N) is 1. The van der Waals surface area contributed by atoms with E-state index in [9.17, 15) is 4.79 Å². The van der Waals surface area contributed by atoms with Crippen LogP contribution in [-0.2, 0) is 0 Å². The Hall–Kier alpha value is -1.48. The van der Waals surface area contributed by atoms with Crippen LogP contribution in [-0.4, -0.2) is 12.5 Å². The molecule has 0 atom stereocenters. The summed E-state index contributed by atoms with van der Waals surface area (Å²) in [5, 5.41) is 3.11. The molecule has 0 aliphatic carbocycles. The average Bonchev–Trinajstić information content (AvgIpc) is 2.22. The van der Waals surface area contributed by atoms with E-state index >= 15 is 0 Å². The molecule has 0 radical (unpaired) electrons. The van der Waals surface area contributed by atoms with Crippen LogP contribution in [0, 0.1) is 0 Å². The predicted molar refractivity (Wildman–Crippen MR) is 63.0 cm³/mol. The Balaban J connectivity index is 2.73. The minimum Gasteiger partial charge on any atom is -0.397 e. The third-order valence-electron chi connectivity index (χ3n) is 1.93. The maximum absolute atomic E-state index is 11.6. The molecule has 0 saturated heterocycles. The number of carbonyl (C=O) groups is 1. The zero-order valence-electron chi connectivity index (χ0n) is 8.29. The van der Waals surface area contributed by atoms with E-state index in [-0.39, 0.29) is 5.91 Å². The minimum atomic E-state index is -0.211. The summed E-state index contributed by atoms with van der Waals surface area (Å²) in [6.07, 6.45) is 2.47. The van der Waals surface area contributed by atoms with Crippen LogP contribution in [0.1, 0.15) is 16.8 Å². The molecule has 4 heteroatoms. The molecule has 80 valence electrons. The van der Waals surface area contributed by atoms with Crippen molar-refractivity contribution in [3.05, 3.63) is 41.4 Å². The highest BCUT2D eigenvalue weighted by Crippen LogP contribution is 2.21. The van der Waals surface area contributed by atoms with Crippen LogP contribution in [0.2, 0.25) is 5.02 Å². The summed E-state index contributed by atoms with van der Waals surface area (Å²) >= 11 is 5.80. The van der Waals surface area contributed by atoms with Crippen molar-refractivity contribution in [2.45, 2.75) is 6.42 Å². The molecule has 3 N–H and O–H groups in total. The number of para-hydroxylation sites is 1. The van der Waals surface area contributed by atoms with Crippen LogP contribution >= 0.6 is 11.6 Å². The topological polar surface area (TPSA) is 55.1 Å². The lowest BCUT2D eigenvalue weighted by atomic mass is 10.1. The van der Waals surface area contributed by atoms with Crippen molar-refractivity contribution < 1.29 is 4.79 Å². The fourth-order valence-electron chi connectivity index (χ4n) is 1.12. The van der Waals surface area contributed by atoms with E-state index in [0.29, 0.717) is 22.8 Å². The Morgan fingerprint density at radius 3 is 3.00 bits per heavy atom. The van der Waals surface area contributed by atoms with E-state index < -0.39 is 0 Å². The van der Waals surface area contributed by atoms with Crippen LogP contribution in [0.25, 0.3) is 0 Å². The summed E-state index contributed by atoms with van der Waals surface area (Å²) < 4.78 is 0. The number of halogens is 1. The van der Waals surface area contributed by atoms with Gasteiger partial charge in [0.15, 0.2) is 0 Å². The lowest BCUT2D eigenvalue weighted by molar-refractivity contribution is 0.0955. The van der Waals surface area contributed by atoms with Gasteiger partial charge in [0.25, 0.3) is 5.91 Å². The Morgan fingerprint density at radius 2 is 2.33 bits per heavy atom. The van der Waals surface area contributed by atoms with E-state index in [1.54, 1.807) is 24.3 Å². The molecule has 3 nitrogen and oxygen atoms in total. The molecule has 0 aliphatic heterocycles. The predicted octanol–water partition coefficient (Wildman–Crippen LogP) is 2.23. The molecule has 0 unspecified atom stereocenters. The highest BCUT2D eigenvalue weighted by molar-refractivity contribution is 6.33. The molecule has 0 fully saturated rings. The number of amides is 1. The number of anilines is 1. The highest BCUT2D eigenvalue weighted by Gasteiger charge is 2.10. The van der Waals surface area contributed by atoms with Gasteiger partial charge in [-0.1, -0.05) is 23.7 Å². The smallest absolute Gasteiger partial charge is 0.253 e. The molecule has 0 aliphatic rings. The summed E-state index contributed by atoms with van der Waals surface area (Å²) in [7, 11) is 0. The second kappa shape index (κ2) is 5.41. The third-order valence-corrected chi connectivity index (χ3v) is 2.26. The molecule has 15 heavy (non-hydrogen) atoms. The summed E-state index contributed by atoms with van der Waals surface area (Å²) in [6, 6.07) is 4.99. The van der Waals surface area contributed by atoms with E-state index in [2.05, 4.69) is 11.9 Å². The zero-order valence-corrected chi connectivity index (χ0v) is 9.05. The van der Waals surface area contributed by atoms with Gasteiger partial charge in [-0.15, -0.1) is 6.58 Å². The third kappa shape index (κ3) is 2.99. The molecule has 0 heterocycles. The van der Waals surface area contributed by atoms with Gasteiger partial charge in [-0.2, -0.15) is 0 Å². The largest absolute Gasteiger partial charge is 0.397 e. The number of nitrogen functional groups attached to an aromatic ring is 1. The van der Waals surface area contributed by atoms with Crippen LogP contribution in [0.3, 0.4) is 0 Å². The van der Waals surface area contributed by atoms with Crippen LogP contribution < -0.4 is 11.1 Å². The van der Waals surface area contributed by atoms with Crippen LogP contribution in [0.5, 0.6) is 0 Å². The number of carbonyl (C=O) groups excluding carboxylic acids is 1. The summed E-state index contributed by atoms with van der Waals surface area (Å²) in [5.41, 5.74) is 6.40. The monoisotopic (exact) mass is 224 g/mol. The van der Waals surface area contributed by atoms with Crippen molar-refractivity contribution in [3.63, 3.8) is 0 Å². The Labute approximate surface area is 93.9 Å². The molecule has 1 amide bonds. The Morgan fingerprint density at radius 1 is 1.60 bits per heavy atom. The van der Waals surface area contributed by atoms with Gasteiger partial charge >= 0.3 is 0 Å². The van der Waals surface area contributed by atoms with Gasteiger partial charge in [0, 0.05) is 6.54 Å². The molecule has 1 aromatic carbocycles. The van der Waals surface area contributed by atoms with Gasteiger partial charge < -0.3 is 11.1 Å². The first-order valence-electron chi connectivity index (χ1n) is 4.60. The van der Waals surface area contributed by atoms with Crippen molar-refractivity contribution in [3.8, 4) is 0 Å². The molecule has 1 aromatic rings. The Bertz CT molecular complexity index is 377. The van der Waals surface area contributed by atoms with Crippen LogP contribution in [0.15, 0.2) is 30.9 Å². The molecule has 0 bridgehead atoms. The van der Waals surface area contributed by atoms with Gasteiger partial charge in [0.2, 0.25) is 0 Å². The lowest BCUT2D eigenvalue weighted by Gasteiger charge is -2.07. The minimum absolute atomic E-state index is 0.211. The second-order valence-corrected chi connectivity index (χ2v) is 3.44. The highest BCUT2D eigenvalue weighted by atomic mass is 35.5. The standard InChI is InChI=1S/C11H13ClN2O/c1-2-3-7-14-11(15)8-5-4-6-9(12)10(8)13/h2,4-6H,1,3,7,13H2,(H,14,15). The van der Waals surface area contributed by atoms with Crippen molar-refractivity contribution >= 4 is 23.2 Å². The molecule has 0 spiro atoms. The van der Waals surface area contributed by atoms with Crippen molar-refractivity contribution in [2.75, 3.05) is 12.3 Å². The lowest BCUT2D eigenvalue weighted by Crippen LogP contribution is -2.25. The van der Waals surface area contributed by atoms with Gasteiger partial charge in [0.1, 0.15) is 0 Å². The van der Waals surface area contributed by atoms with Crippen molar-refractivity contribution in [1.82, 2.24) is 5.32 Å². The quantitative estimate of drug-likeness (QED) is 0.468. The Kier molecular flexibility index (Phi) is 4.18. The number of hydrogen-bond donors (Lipinski definition) is 2. The second-order valence-electron chi connectivity index (χ2n) is 3.03. The first-order valence-corrected chi connectivity index (χ1v) is 4.97. The van der Waals surface area contributed by atoms with Gasteiger partial charge in [-0.05, 0) is 18.6 Å². The zero-order chi connectivity index (χ0) is 11.3. The summed E-state index contributed by atoms with van der Waals surface area (Å²) in [4.78, 5) is 11.6. The first-order chi connectivity index (χ1) is 7.16. The van der Waals surface area contributed by atoms with E-state index in [1.165, 1.54) is 0 Å². The summed E-state index contributed by atoms with van der Waals surface area (Å²) in [5.74, 6) is -0.211. The van der Waals surface area contributed by atoms with Gasteiger partial charge in [-0.25, -0.2) is 0 Å². The molecular formula is C11H13ClN2O. The van der Waals surface area contributed by atoms with Gasteiger partial charge in [-0.3, -0.25) is 4.79 Å². The number of benzene rings is 1. The van der Waals surface area contributed by atoms with E-state index in [0.717, 1.165) is 6.42 Å². The fourth-order valence-corrected chi connectivity index (χ4v) is 1.29. The number of hydrogen-bond acceptors (Lipinski definition) is 2. The average molecular weight is 225 g/mol. The molecule has 0 aromatic heterocycles.